The summed E-state index contributed by atoms with van der Waals surface area (Å²) in [6, 6.07) is 9.94. The number of rotatable bonds is 7. The number of hydrogen-bond acceptors (Lipinski definition) is 5. The van der Waals surface area contributed by atoms with Crippen molar-refractivity contribution in [1.29, 1.82) is 0 Å². The molecule has 0 aliphatic carbocycles. The molecule has 0 saturated carbocycles. The third-order valence-electron chi connectivity index (χ3n) is 6.57. The summed E-state index contributed by atoms with van der Waals surface area (Å²) in [6.07, 6.45) is 2.54. The number of ether oxygens (including phenoxy) is 1. The van der Waals surface area contributed by atoms with Crippen LogP contribution in [0, 0.1) is 18.8 Å². The number of H-pyrrole nitrogens is 1. The fourth-order valence-electron chi connectivity index (χ4n) is 4.62. The number of aromatic nitrogens is 2. The Bertz CT molecular complexity index is 875. The zero-order chi connectivity index (χ0) is 21.8. The van der Waals surface area contributed by atoms with Crippen molar-refractivity contribution in [2.24, 2.45) is 11.8 Å². The van der Waals surface area contributed by atoms with Crippen LogP contribution in [0.25, 0.3) is 0 Å². The van der Waals surface area contributed by atoms with Gasteiger partial charge in [0.25, 0.3) is 5.91 Å². The molecule has 7 heteroatoms. The number of aryl methyl sites for hydroxylation is 1. The van der Waals surface area contributed by atoms with Gasteiger partial charge in [0.1, 0.15) is 5.75 Å². The van der Waals surface area contributed by atoms with Gasteiger partial charge >= 0.3 is 0 Å². The van der Waals surface area contributed by atoms with Crippen LogP contribution in [0.3, 0.4) is 0 Å². The first-order valence-electron chi connectivity index (χ1n) is 11.4. The van der Waals surface area contributed by atoms with Crippen LogP contribution in [-0.2, 0) is 17.8 Å². The molecule has 1 amide bonds. The highest BCUT2D eigenvalue weighted by molar-refractivity contribution is 5.77. The summed E-state index contributed by atoms with van der Waals surface area (Å²) in [7, 11) is 0. The number of carbonyl (C=O) groups is 1. The number of aliphatic hydroxyl groups excluding tert-OH is 1. The second-order valence-electron chi connectivity index (χ2n) is 9.23. The summed E-state index contributed by atoms with van der Waals surface area (Å²) in [5.74, 6) is 1.68. The third-order valence-corrected chi connectivity index (χ3v) is 6.57. The van der Waals surface area contributed by atoms with Gasteiger partial charge in [-0.05, 0) is 44.2 Å². The van der Waals surface area contributed by atoms with Crippen molar-refractivity contribution < 1.29 is 14.6 Å². The second kappa shape index (κ2) is 9.83. The molecule has 0 radical (unpaired) electrons. The van der Waals surface area contributed by atoms with E-state index in [-0.39, 0.29) is 24.5 Å². The number of carbonyl (C=O) groups excluding carboxylic acids is 1. The first kappa shape index (κ1) is 21.8. The molecule has 2 saturated heterocycles. The predicted octanol–water partition coefficient (Wildman–Crippen LogP) is 2.39. The van der Waals surface area contributed by atoms with Crippen LogP contribution >= 0.6 is 0 Å². The molecule has 2 aliphatic rings. The van der Waals surface area contributed by atoms with Crippen molar-refractivity contribution in [3.05, 3.63) is 47.3 Å². The van der Waals surface area contributed by atoms with Gasteiger partial charge in [-0.15, -0.1) is 0 Å². The number of aliphatic hydroxyl groups is 1. The summed E-state index contributed by atoms with van der Waals surface area (Å²) in [6.45, 7) is 8.10. The van der Waals surface area contributed by atoms with E-state index in [2.05, 4.69) is 22.0 Å². The topological polar surface area (TPSA) is 81.7 Å². The van der Waals surface area contributed by atoms with E-state index in [9.17, 15) is 9.90 Å². The molecular weight excluding hydrogens is 392 g/mol. The monoisotopic (exact) mass is 426 g/mol. The Balaban J connectivity index is 1.31. The highest BCUT2D eigenvalue weighted by Gasteiger charge is 2.32. The normalized spacial score (nSPS) is 22.7. The van der Waals surface area contributed by atoms with Gasteiger partial charge in [0.05, 0.1) is 11.8 Å². The fraction of sp³-hybridized carbons (Fsp3) is 0.583. The number of nitrogens with zero attached hydrogens (tertiary/aromatic N) is 3. The Morgan fingerprint density at radius 2 is 2.03 bits per heavy atom. The summed E-state index contributed by atoms with van der Waals surface area (Å²) < 4.78 is 5.95. The lowest BCUT2D eigenvalue weighted by molar-refractivity contribution is -0.134. The minimum Gasteiger partial charge on any atom is -0.483 e. The number of likely N-dealkylation sites (tertiary alicyclic amines) is 2. The van der Waals surface area contributed by atoms with Crippen LogP contribution in [0.2, 0.25) is 0 Å². The smallest absolute Gasteiger partial charge is 0.260 e. The van der Waals surface area contributed by atoms with Gasteiger partial charge in [-0.1, -0.05) is 25.1 Å². The van der Waals surface area contributed by atoms with Crippen molar-refractivity contribution in [3.8, 4) is 5.75 Å². The Labute approximate surface area is 184 Å². The molecule has 7 nitrogen and oxygen atoms in total. The van der Waals surface area contributed by atoms with Gasteiger partial charge in [0.15, 0.2) is 6.61 Å². The summed E-state index contributed by atoms with van der Waals surface area (Å²) in [5, 5.41) is 17.8. The maximum absolute atomic E-state index is 12.5. The average molecular weight is 427 g/mol. The number of hydrogen-bond donors (Lipinski definition) is 2. The van der Waals surface area contributed by atoms with Gasteiger partial charge < -0.3 is 14.7 Å². The first-order chi connectivity index (χ1) is 15.0. The minimum absolute atomic E-state index is 0.0626. The Hall–Kier alpha value is -2.38. The van der Waals surface area contributed by atoms with E-state index in [1.807, 2.05) is 42.2 Å². The maximum Gasteiger partial charge on any atom is 0.260 e. The molecule has 31 heavy (non-hydrogen) atoms. The van der Waals surface area contributed by atoms with Crippen LogP contribution in [-0.4, -0.2) is 69.9 Å². The number of piperidine rings is 1. The van der Waals surface area contributed by atoms with Gasteiger partial charge in [-0.25, -0.2) is 0 Å². The summed E-state index contributed by atoms with van der Waals surface area (Å²) >= 11 is 0. The number of aromatic amines is 1. The molecule has 2 aromatic rings. The number of amides is 1. The van der Waals surface area contributed by atoms with Crippen LogP contribution < -0.4 is 4.74 Å². The van der Waals surface area contributed by atoms with Crippen LogP contribution in [0.15, 0.2) is 30.3 Å². The fourth-order valence-corrected chi connectivity index (χ4v) is 4.62. The van der Waals surface area contributed by atoms with E-state index in [0.29, 0.717) is 19.0 Å². The standard InChI is InChI=1S/C24H34N4O3/c1-17-7-9-28(10-8-17)24(30)16-31-23-6-4-3-5-19(23)13-27-14-20(22(29)15-27)12-21-11-18(2)25-26-21/h3-6,11,17,20,22,29H,7-10,12-16H2,1-2H3,(H,25,26)/t20-,22+/m1/s1. The van der Waals surface area contributed by atoms with Gasteiger partial charge in [-0.2, -0.15) is 5.10 Å². The number of para-hydroxylation sites is 1. The SMILES string of the molecule is Cc1cc(C[C@@H]2CN(Cc3ccccc3OCC(=O)N3CCC(C)CC3)C[C@@H]2O)n[nH]1. The summed E-state index contributed by atoms with van der Waals surface area (Å²) in [5.41, 5.74) is 3.09. The Morgan fingerprint density at radius 3 is 2.77 bits per heavy atom. The van der Waals surface area contributed by atoms with Crippen LogP contribution in [0.4, 0.5) is 0 Å². The molecule has 3 heterocycles. The molecule has 1 aromatic heterocycles. The van der Waals surface area contributed by atoms with Crippen molar-refractivity contribution >= 4 is 5.91 Å². The molecule has 0 spiro atoms. The zero-order valence-electron chi connectivity index (χ0n) is 18.6. The Kier molecular flexibility index (Phi) is 6.92. The third kappa shape index (κ3) is 5.66. The van der Waals surface area contributed by atoms with Gasteiger partial charge in [0.2, 0.25) is 0 Å². The minimum atomic E-state index is -0.367. The van der Waals surface area contributed by atoms with Crippen molar-refractivity contribution in [3.63, 3.8) is 0 Å². The van der Waals surface area contributed by atoms with E-state index in [1.165, 1.54) is 0 Å². The number of nitrogens with one attached hydrogen (secondary N) is 1. The number of benzene rings is 1. The average Bonchev–Trinajstić information content (AvgIpc) is 3.32. The molecule has 2 N–H and O–H groups in total. The molecular formula is C24H34N4O3. The molecule has 2 aliphatic heterocycles. The summed E-state index contributed by atoms with van der Waals surface area (Å²) in [4.78, 5) is 16.7. The molecule has 168 valence electrons. The lowest BCUT2D eigenvalue weighted by Crippen LogP contribution is -2.40. The second-order valence-corrected chi connectivity index (χ2v) is 9.23. The molecule has 2 fully saturated rings. The molecule has 1 aromatic carbocycles. The van der Waals surface area contributed by atoms with Crippen molar-refractivity contribution in [2.75, 3.05) is 32.8 Å². The number of β-amino-alcohol motifs (C(OH)–C–C–N with tert-alkyl or cyclic N) is 1. The van der Waals surface area contributed by atoms with E-state index in [0.717, 1.165) is 61.6 Å². The van der Waals surface area contributed by atoms with Gasteiger partial charge in [0, 0.05) is 49.9 Å². The van der Waals surface area contributed by atoms with Crippen molar-refractivity contribution in [2.45, 2.75) is 45.8 Å². The Morgan fingerprint density at radius 1 is 1.26 bits per heavy atom. The molecule has 4 rings (SSSR count). The van der Waals surface area contributed by atoms with E-state index < -0.39 is 0 Å². The van der Waals surface area contributed by atoms with Crippen molar-refractivity contribution in [1.82, 2.24) is 20.0 Å². The quantitative estimate of drug-likeness (QED) is 0.711. The largest absolute Gasteiger partial charge is 0.483 e. The maximum atomic E-state index is 12.5. The zero-order valence-corrected chi connectivity index (χ0v) is 18.6. The lowest BCUT2D eigenvalue weighted by atomic mass is 9.99. The molecule has 0 bridgehead atoms. The van der Waals surface area contributed by atoms with Crippen LogP contribution in [0.1, 0.15) is 36.7 Å². The van der Waals surface area contributed by atoms with Crippen LogP contribution in [0.5, 0.6) is 5.75 Å². The van der Waals surface area contributed by atoms with Gasteiger partial charge in [-0.3, -0.25) is 14.8 Å². The first-order valence-corrected chi connectivity index (χ1v) is 11.4. The molecule has 2 atom stereocenters. The van der Waals surface area contributed by atoms with E-state index >= 15 is 0 Å². The van der Waals surface area contributed by atoms with E-state index in [1.54, 1.807) is 0 Å². The van der Waals surface area contributed by atoms with E-state index in [4.69, 9.17) is 4.74 Å². The molecule has 0 unspecified atom stereocenters. The predicted molar refractivity (Wildman–Crippen MR) is 119 cm³/mol. The highest BCUT2D eigenvalue weighted by Crippen LogP contribution is 2.26. The lowest BCUT2D eigenvalue weighted by Gasteiger charge is -2.30. The highest BCUT2D eigenvalue weighted by atomic mass is 16.5.